The lowest BCUT2D eigenvalue weighted by atomic mass is 10.1. The van der Waals surface area contributed by atoms with E-state index in [-0.39, 0.29) is 5.57 Å². The molecule has 0 radical (unpaired) electrons. The van der Waals surface area contributed by atoms with Gasteiger partial charge in [-0.1, -0.05) is 41.4 Å². The molecule has 0 atom stereocenters. The zero-order valence-electron chi connectivity index (χ0n) is 19.2. The van der Waals surface area contributed by atoms with Crippen molar-refractivity contribution < 1.29 is 19.0 Å². The van der Waals surface area contributed by atoms with Crippen molar-refractivity contribution in [2.75, 3.05) is 19.0 Å². The molecular formula is C27H25ClN2O4. The molecule has 1 N–H and O–H groups in total. The number of nitrogens with one attached hydrogen (secondary N) is 1. The van der Waals surface area contributed by atoms with Gasteiger partial charge in [0.25, 0.3) is 5.91 Å². The lowest BCUT2D eigenvalue weighted by Crippen LogP contribution is -2.13. The van der Waals surface area contributed by atoms with Gasteiger partial charge < -0.3 is 19.5 Å². The van der Waals surface area contributed by atoms with E-state index in [1.807, 2.05) is 44.2 Å². The molecule has 6 nitrogen and oxygen atoms in total. The summed E-state index contributed by atoms with van der Waals surface area (Å²) < 4.78 is 16.6. The first-order valence-electron chi connectivity index (χ1n) is 10.7. The first-order valence-corrected chi connectivity index (χ1v) is 11.0. The maximum atomic E-state index is 12.7. The van der Waals surface area contributed by atoms with E-state index in [0.717, 1.165) is 5.56 Å². The van der Waals surface area contributed by atoms with Crippen LogP contribution in [0.4, 0.5) is 5.69 Å². The van der Waals surface area contributed by atoms with E-state index >= 15 is 0 Å². The highest BCUT2D eigenvalue weighted by Crippen LogP contribution is 2.37. The molecule has 1 amide bonds. The standard InChI is InChI=1S/C27H25ClN2O4/c1-4-33-25-15-20(14-24(28)26(25)32-3)13-21(16-29)27(31)30-22-9-11-23(12-10-22)34-17-19-7-5-18(2)6-8-19/h5-15H,4,17H2,1-3H3,(H,30,31)/b21-13+. The molecule has 34 heavy (non-hydrogen) atoms. The predicted molar refractivity (Wildman–Crippen MR) is 133 cm³/mol. The van der Waals surface area contributed by atoms with Crippen LogP contribution in [0.15, 0.2) is 66.2 Å². The van der Waals surface area contributed by atoms with Crippen LogP contribution in [-0.4, -0.2) is 19.6 Å². The number of nitriles is 1. The van der Waals surface area contributed by atoms with Crippen LogP contribution in [0.25, 0.3) is 6.08 Å². The average Bonchev–Trinajstić information content (AvgIpc) is 2.83. The summed E-state index contributed by atoms with van der Waals surface area (Å²) in [5, 5.41) is 12.6. The maximum Gasteiger partial charge on any atom is 0.266 e. The van der Waals surface area contributed by atoms with Gasteiger partial charge in [-0.2, -0.15) is 5.26 Å². The number of benzene rings is 3. The molecule has 7 heteroatoms. The minimum atomic E-state index is -0.541. The molecule has 0 fully saturated rings. The monoisotopic (exact) mass is 476 g/mol. The summed E-state index contributed by atoms with van der Waals surface area (Å²) in [5.74, 6) is 0.961. The summed E-state index contributed by atoms with van der Waals surface area (Å²) >= 11 is 6.26. The topological polar surface area (TPSA) is 80.6 Å². The van der Waals surface area contributed by atoms with E-state index < -0.39 is 5.91 Å². The Balaban J connectivity index is 1.68. The van der Waals surface area contributed by atoms with Crippen molar-refractivity contribution in [3.8, 4) is 23.3 Å². The lowest BCUT2D eigenvalue weighted by Gasteiger charge is -2.12. The number of nitrogens with zero attached hydrogens (tertiary/aromatic N) is 1. The Labute approximate surface area is 204 Å². The van der Waals surface area contributed by atoms with Gasteiger partial charge in [0.1, 0.15) is 24.0 Å². The number of amides is 1. The summed E-state index contributed by atoms with van der Waals surface area (Å²) in [7, 11) is 1.49. The summed E-state index contributed by atoms with van der Waals surface area (Å²) in [6, 6.07) is 20.3. The Hall–Kier alpha value is -3.95. The van der Waals surface area contributed by atoms with Crippen molar-refractivity contribution in [1.82, 2.24) is 0 Å². The molecule has 0 unspecified atom stereocenters. The second-order valence-electron chi connectivity index (χ2n) is 7.39. The first-order chi connectivity index (χ1) is 16.4. The van der Waals surface area contributed by atoms with Crippen molar-refractivity contribution in [2.24, 2.45) is 0 Å². The molecule has 174 valence electrons. The fraction of sp³-hybridized carbons (Fsp3) is 0.185. The molecule has 0 bridgehead atoms. The van der Waals surface area contributed by atoms with Crippen molar-refractivity contribution in [2.45, 2.75) is 20.5 Å². The summed E-state index contributed by atoms with van der Waals surface area (Å²) in [4.78, 5) is 12.7. The largest absolute Gasteiger partial charge is 0.491 e. The SMILES string of the molecule is CCOc1cc(/C=C(\C#N)C(=O)Nc2ccc(OCc3ccc(C)cc3)cc2)cc(Cl)c1OC. The van der Waals surface area contributed by atoms with Crippen molar-refractivity contribution >= 4 is 29.3 Å². The zero-order valence-corrected chi connectivity index (χ0v) is 20.0. The molecule has 0 spiro atoms. The Kier molecular flexibility index (Phi) is 8.55. The Morgan fingerprint density at radius 2 is 1.79 bits per heavy atom. The first kappa shape index (κ1) is 24.7. The van der Waals surface area contributed by atoms with Crippen LogP contribution in [0, 0.1) is 18.3 Å². The van der Waals surface area contributed by atoms with Gasteiger partial charge in [0.05, 0.1) is 18.7 Å². The van der Waals surface area contributed by atoms with Crippen molar-refractivity contribution in [3.05, 3.63) is 87.9 Å². The number of hydrogen-bond donors (Lipinski definition) is 1. The fourth-order valence-corrected chi connectivity index (χ4v) is 3.43. The van der Waals surface area contributed by atoms with Crippen LogP contribution in [-0.2, 0) is 11.4 Å². The summed E-state index contributed by atoms with van der Waals surface area (Å²) in [6.45, 7) is 4.73. The molecule has 0 aliphatic rings. The van der Waals surface area contributed by atoms with E-state index in [1.54, 1.807) is 36.4 Å². The van der Waals surface area contributed by atoms with Gasteiger partial charge in [-0.25, -0.2) is 0 Å². The number of rotatable bonds is 9. The molecule has 3 aromatic carbocycles. The number of aryl methyl sites for hydroxylation is 1. The van der Waals surface area contributed by atoms with Gasteiger partial charge in [0.2, 0.25) is 0 Å². The second kappa shape index (κ2) is 11.8. The molecule has 0 heterocycles. The number of hydrogen-bond acceptors (Lipinski definition) is 5. The quantitative estimate of drug-likeness (QED) is 0.294. The van der Waals surface area contributed by atoms with Gasteiger partial charge in [-0.3, -0.25) is 4.79 Å². The predicted octanol–water partition coefficient (Wildman–Crippen LogP) is 6.18. The van der Waals surface area contributed by atoms with Crippen molar-refractivity contribution in [3.63, 3.8) is 0 Å². The normalized spacial score (nSPS) is 10.9. The third-order valence-corrected chi connectivity index (χ3v) is 5.13. The minimum absolute atomic E-state index is 0.0802. The van der Waals surface area contributed by atoms with E-state index in [9.17, 15) is 10.1 Å². The number of carbonyl (C=O) groups is 1. The summed E-state index contributed by atoms with van der Waals surface area (Å²) in [5.41, 5.74) is 3.26. The van der Waals surface area contributed by atoms with E-state index in [2.05, 4.69) is 5.32 Å². The maximum absolute atomic E-state index is 12.7. The molecule has 3 aromatic rings. The smallest absolute Gasteiger partial charge is 0.266 e. The Morgan fingerprint density at radius 1 is 1.09 bits per heavy atom. The molecule has 3 rings (SSSR count). The van der Waals surface area contributed by atoms with Crippen LogP contribution in [0.2, 0.25) is 5.02 Å². The lowest BCUT2D eigenvalue weighted by molar-refractivity contribution is -0.112. The zero-order chi connectivity index (χ0) is 24.5. The third kappa shape index (κ3) is 6.53. The highest BCUT2D eigenvalue weighted by Gasteiger charge is 2.14. The Bertz CT molecular complexity index is 1210. The number of methoxy groups -OCH3 is 1. The highest BCUT2D eigenvalue weighted by molar-refractivity contribution is 6.32. The van der Waals surface area contributed by atoms with E-state index in [4.69, 9.17) is 25.8 Å². The molecule has 0 saturated heterocycles. The molecular weight excluding hydrogens is 452 g/mol. The van der Waals surface area contributed by atoms with Gasteiger partial charge in [0.15, 0.2) is 11.5 Å². The fourth-order valence-electron chi connectivity index (χ4n) is 3.13. The molecule has 0 saturated carbocycles. The van der Waals surface area contributed by atoms with Crippen molar-refractivity contribution in [1.29, 1.82) is 5.26 Å². The highest BCUT2D eigenvalue weighted by atomic mass is 35.5. The molecule has 0 aromatic heterocycles. The van der Waals surface area contributed by atoms with Crippen LogP contribution in [0.3, 0.4) is 0 Å². The van der Waals surface area contributed by atoms with Gasteiger partial charge in [0, 0.05) is 5.69 Å². The van der Waals surface area contributed by atoms with E-state index in [0.29, 0.717) is 46.7 Å². The van der Waals surface area contributed by atoms with Crippen LogP contribution >= 0.6 is 11.6 Å². The second-order valence-corrected chi connectivity index (χ2v) is 7.80. The van der Waals surface area contributed by atoms with Gasteiger partial charge in [-0.15, -0.1) is 0 Å². The molecule has 0 aliphatic carbocycles. The van der Waals surface area contributed by atoms with Gasteiger partial charge >= 0.3 is 0 Å². The molecule has 0 aliphatic heterocycles. The van der Waals surface area contributed by atoms with Crippen LogP contribution in [0.5, 0.6) is 17.2 Å². The third-order valence-electron chi connectivity index (χ3n) is 4.85. The van der Waals surface area contributed by atoms with Crippen LogP contribution in [0.1, 0.15) is 23.6 Å². The summed E-state index contributed by atoms with van der Waals surface area (Å²) in [6.07, 6.45) is 1.45. The van der Waals surface area contributed by atoms with Crippen LogP contribution < -0.4 is 19.5 Å². The number of carbonyl (C=O) groups excluding carboxylic acids is 1. The average molecular weight is 477 g/mol. The minimum Gasteiger partial charge on any atom is -0.491 e. The Morgan fingerprint density at radius 3 is 2.41 bits per heavy atom. The van der Waals surface area contributed by atoms with Gasteiger partial charge in [-0.05, 0) is 67.4 Å². The number of anilines is 1. The number of ether oxygens (including phenoxy) is 3. The van der Waals surface area contributed by atoms with E-state index in [1.165, 1.54) is 18.7 Å². The number of halogens is 1.